The van der Waals surface area contributed by atoms with E-state index in [-0.39, 0.29) is 33.6 Å². The van der Waals surface area contributed by atoms with E-state index in [0.717, 1.165) is 0 Å². The minimum absolute atomic E-state index is 0.110. The van der Waals surface area contributed by atoms with Gasteiger partial charge in [-0.1, -0.05) is 48.5 Å². The largest absolute Gasteiger partial charge is 0.573 e. The molecule has 1 heterocycles. The van der Waals surface area contributed by atoms with E-state index in [1.807, 2.05) is 0 Å². The van der Waals surface area contributed by atoms with E-state index in [2.05, 4.69) is 4.74 Å². The molecule has 5 nitrogen and oxygen atoms in total. The molecule has 0 radical (unpaired) electrons. The van der Waals surface area contributed by atoms with Gasteiger partial charge < -0.3 is 14.3 Å². The number of fused-ring (bicyclic) bond motifs is 4. The van der Waals surface area contributed by atoms with Crippen LogP contribution in [0.2, 0.25) is 0 Å². The summed E-state index contributed by atoms with van der Waals surface area (Å²) in [4.78, 5) is 26.8. The Kier molecular flexibility index (Phi) is 5.61. The first-order chi connectivity index (χ1) is 18.7. The highest BCUT2D eigenvalue weighted by Gasteiger charge is 2.31. The number of para-hydroxylation sites is 2. The fourth-order valence-electron chi connectivity index (χ4n) is 4.75. The Hall–Kier alpha value is -5.11. The summed E-state index contributed by atoms with van der Waals surface area (Å²) in [6, 6.07) is 24.7. The number of ketones is 1. The number of carbonyl (C=O) groups is 1. The topological polar surface area (TPSA) is 76.7 Å². The number of halogens is 3. The molecule has 0 saturated carbocycles. The summed E-state index contributed by atoms with van der Waals surface area (Å²) < 4.78 is 48.1. The van der Waals surface area contributed by atoms with Gasteiger partial charge in [-0.2, -0.15) is 0 Å². The van der Waals surface area contributed by atoms with Gasteiger partial charge in [-0.05, 0) is 70.4 Å². The second-order valence-electron chi connectivity index (χ2n) is 8.90. The second-order valence-corrected chi connectivity index (χ2v) is 8.90. The predicted molar refractivity (Wildman–Crippen MR) is 141 cm³/mol. The van der Waals surface area contributed by atoms with E-state index in [0.29, 0.717) is 38.3 Å². The molecule has 0 atom stereocenters. The molecule has 39 heavy (non-hydrogen) atoms. The lowest BCUT2D eigenvalue weighted by molar-refractivity contribution is -0.274. The number of aromatic hydroxyl groups is 1. The third-order valence-electron chi connectivity index (χ3n) is 6.49. The lowest BCUT2D eigenvalue weighted by Crippen LogP contribution is -2.16. The Bertz CT molecular complexity index is 1970. The average Bonchev–Trinajstić information content (AvgIpc) is 2.92. The van der Waals surface area contributed by atoms with Crippen LogP contribution in [-0.4, -0.2) is 17.3 Å². The van der Waals surface area contributed by atoms with E-state index in [1.54, 1.807) is 60.7 Å². The minimum Gasteiger partial charge on any atom is -0.507 e. The van der Waals surface area contributed by atoms with Crippen molar-refractivity contribution in [3.05, 3.63) is 118 Å². The zero-order chi connectivity index (χ0) is 27.3. The van der Waals surface area contributed by atoms with E-state index < -0.39 is 12.1 Å². The van der Waals surface area contributed by atoms with E-state index in [1.165, 1.54) is 36.4 Å². The van der Waals surface area contributed by atoms with Gasteiger partial charge in [-0.25, -0.2) is 0 Å². The zero-order valence-corrected chi connectivity index (χ0v) is 20.0. The molecule has 0 saturated heterocycles. The highest BCUT2D eigenvalue weighted by Crippen LogP contribution is 2.37. The summed E-state index contributed by atoms with van der Waals surface area (Å²) in [6.45, 7) is 0. The third kappa shape index (κ3) is 4.35. The van der Waals surface area contributed by atoms with Crippen molar-refractivity contribution in [2.24, 2.45) is 0 Å². The van der Waals surface area contributed by atoms with Crippen LogP contribution in [0.3, 0.4) is 0 Å². The fraction of sp³-hybridized carbons (Fsp3) is 0.0323. The molecule has 6 aromatic rings. The van der Waals surface area contributed by atoms with Gasteiger partial charge in [-0.15, -0.1) is 13.2 Å². The molecular weight excluding hydrogens is 509 g/mol. The highest BCUT2D eigenvalue weighted by atomic mass is 19.4. The molecular formula is C31H17F3O5. The molecule has 5 aromatic carbocycles. The number of hydrogen-bond donors (Lipinski definition) is 1. The van der Waals surface area contributed by atoms with Crippen LogP contribution in [0.5, 0.6) is 11.5 Å². The van der Waals surface area contributed by atoms with Crippen molar-refractivity contribution < 1.29 is 32.2 Å². The van der Waals surface area contributed by atoms with Gasteiger partial charge in [0.15, 0.2) is 5.78 Å². The van der Waals surface area contributed by atoms with Crippen LogP contribution in [0.4, 0.5) is 13.2 Å². The van der Waals surface area contributed by atoms with Crippen LogP contribution in [0, 0.1) is 0 Å². The molecule has 1 aromatic heterocycles. The molecule has 192 valence electrons. The summed E-state index contributed by atoms with van der Waals surface area (Å²) >= 11 is 0. The number of hydrogen-bond acceptors (Lipinski definition) is 5. The molecule has 0 unspecified atom stereocenters. The summed E-state index contributed by atoms with van der Waals surface area (Å²) in [5.41, 5.74) is 1.83. The average molecular weight is 526 g/mol. The van der Waals surface area contributed by atoms with Crippen LogP contribution in [0.25, 0.3) is 43.8 Å². The van der Waals surface area contributed by atoms with Gasteiger partial charge in [0, 0.05) is 5.56 Å². The molecule has 0 fully saturated rings. The first kappa shape index (κ1) is 24.2. The van der Waals surface area contributed by atoms with E-state index in [4.69, 9.17) is 4.42 Å². The fourth-order valence-corrected chi connectivity index (χ4v) is 4.75. The Morgan fingerprint density at radius 2 is 1.49 bits per heavy atom. The van der Waals surface area contributed by atoms with Crippen LogP contribution in [0.15, 0.2) is 106 Å². The number of ether oxygens (including phenoxy) is 1. The zero-order valence-electron chi connectivity index (χ0n) is 20.0. The SMILES string of the molecule is O=C(c1ccc2c(c1)c(-c1ccc(OC(F)(F)F)cc1)cc1oc3ccccc3c(=O)c12)c1ccccc1O. The van der Waals surface area contributed by atoms with Crippen molar-refractivity contribution in [3.63, 3.8) is 0 Å². The van der Waals surface area contributed by atoms with Crippen LogP contribution < -0.4 is 10.2 Å². The van der Waals surface area contributed by atoms with Gasteiger partial charge in [0.1, 0.15) is 22.7 Å². The number of benzene rings is 5. The molecule has 0 spiro atoms. The van der Waals surface area contributed by atoms with Gasteiger partial charge in [-0.3, -0.25) is 9.59 Å². The maximum Gasteiger partial charge on any atom is 0.573 e. The molecule has 0 aliphatic carbocycles. The third-order valence-corrected chi connectivity index (χ3v) is 6.49. The number of carbonyl (C=O) groups excluding carboxylic acids is 1. The predicted octanol–water partition coefficient (Wildman–Crippen LogP) is 7.60. The highest BCUT2D eigenvalue weighted by molar-refractivity contribution is 6.18. The molecule has 0 aliphatic rings. The Balaban J connectivity index is 1.62. The lowest BCUT2D eigenvalue weighted by atomic mass is 9.92. The summed E-state index contributed by atoms with van der Waals surface area (Å²) in [7, 11) is 0. The maximum atomic E-state index is 13.5. The smallest absolute Gasteiger partial charge is 0.507 e. The number of phenols is 1. The number of rotatable bonds is 4. The van der Waals surface area contributed by atoms with Crippen molar-refractivity contribution >= 4 is 38.5 Å². The Labute approximate surface area is 218 Å². The van der Waals surface area contributed by atoms with Crippen molar-refractivity contribution in [3.8, 4) is 22.6 Å². The van der Waals surface area contributed by atoms with Gasteiger partial charge in [0.25, 0.3) is 0 Å². The summed E-state index contributed by atoms with van der Waals surface area (Å²) in [5, 5.41) is 11.9. The normalized spacial score (nSPS) is 11.8. The van der Waals surface area contributed by atoms with Crippen molar-refractivity contribution in [1.29, 1.82) is 0 Å². The lowest BCUT2D eigenvalue weighted by Gasteiger charge is -2.14. The first-order valence-electron chi connectivity index (χ1n) is 11.8. The maximum absolute atomic E-state index is 13.5. The van der Waals surface area contributed by atoms with Crippen molar-refractivity contribution in [2.75, 3.05) is 0 Å². The van der Waals surface area contributed by atoms with Gasteiger partial charge in [0.2, 0.25) is 5.43 Å². The van der Waals surface area contributed by atoms with Gasteiger partial charge in [0.05, 0.1) is 16.3 Å². The molecule has 0 aliphatic heterocycles. The number of phenolic OH excluding ortho intramolecular Hbond substituents is 1. The molecule has 8 heteroatoms. The second kappa shape index (κ2) is 9.02. The summed E-state index contributed by atoms with van der Waals surface area (Å²) in [5.74, 6) is -0.987. The standard InChI is InChI=1S/C31H17F3O5/c32-31(33,34)39-19-12-9-17(10-13-19)23-16-27-28(30(37)22-6-2-4-8-26(22)38-27)20-14-11-18(15-24(20)23)29(36)21-5-1-3-7-25(21)35/h1-16,35H. The molecule has 1 N–H and O–H groups in total. The van der Waals surface area contributed by atoms with E-state index in [9.17, 15) is 27.9 Å². The monoisotopic (exact) mass is 526 g/mol. The number of alkyl halides is 3. The quantitative estimate of drug-likeness (QED) is 0.145. The van der Waals surface area contributed by atoms with Crippen molar-refractivity contribution in [2.45, 2.75) is 6.36 Å². The Morgan fingerprint density at radius 1 is 0.769 bits per heavy atom. The van der Waals surface area contributed by atoms with Crippen LogP contribution >= 0.6 is 0 Å². The van der Waals surface area contributed by atoms with E-state index >= 15 is 0 Å². The summed E-state index contributed by atoms with van der Waals surface area (Å²) in [6.07, 6.45) is -4.83. The van der Waals surface area contributed by atoms with Gasteiger partial charge >= 0.3 is 6.36 Å². The first-order valence-corrected chi connectivity index (χ1v) is 11.8. The Morgan fingerprint density at radius 3 is 2.23 bits per heavy atom. The molecule has 0 amide bonds. The van der Waals surface area contributed by atoms with Crippen LogP contribution in [-0.2, 0) is 0 Å². The molecule has 6 rings (SSSR count). The van der Waals surface area contributed by atoms with Crippen LogP contribution in [0.1, 0.15) is 15.9 Å². The molecule has 0 bridgehead atoms. The van der Waals surface area contributed by atoms with Crippen molar-refractivity contribution in [1.82, 2.24) is 0 Å². The minimum atomic E-state index is -4.83.